The maximum atomic E-state index is 11.9. The summed E-state index contributed by atoms with van der Waals surface area (Å²) in [7, 11) is 1.54. The molecule has 0 radical (unpaired) electrons. The van der Waals surface area contributed by atoms with Crippen molar-refractivity contribution in [2.45, 2.75) is 32.6 Å². The minimum absolute atomic E-state index is 0.0466. The highest BCUT2D eigenvalue weighted by Gasteiger charge is 2.13. The maximum Gasteiger partial charge on any atom is 0.310 e. The Morgan fingerprint density at radius 2 is 1.69 bits per heavy atom. The molecule has 0 aliphatic heterocycles. The second-order valence-electron chi connectivity index (χ2n) is 7.62. The van der Waals surface area contributed by atoms with Crippen molar-refractivity contribution in [3.63, 3.8) is 0 Å². The van der Waals surface area contributed by atoms with E-state index in [0.717, 1.165) is 5.75 Å². The molecule has 0 aromatic heterocycles. The van der Waals surface area contributed by atoms with E-state index in [9.17, 15) is 9.59 Å². The molecule has 0 aliphatic carbocycles. The first kappa shape index (κ1) is 22.3. The number of rotatable bonds is 9. The van der Waals surface area contributed by atoms with E-state index in [0.29, 0.717) is 24.5 Å². The third kappa shape index (κ3) is 7.49. The zero-order valence-electron chi connectivity index (χ0n) is 17.5. The highest BCUT2D eigenvalue weighted by Crippen LogP contribution is 2.24. The molecule has 2 aromatic rings. The number of benzene rings is 2. The quantitative estimate of drug-likeness (QED) is 0.517. The van der Waals surface area contributed by atoms with E-state index in [1.807, 2.05) is 36.4 Å². The lowest BCUT2D eigenvalue weighted by molar-refractivity contribution is -0.147. The van der Waals surface area contributed by atoms with Gasteiger partial charge in [0.05, 0.1) is 20.1 Å². The van der Waals surface area contributed by atoms with Crippen LogP contribution in [0.4, 0.5) is 0 Å². The second-order valence-corrected chi connectivity index (χ2v) is 7.62. The van der Waals surface area contributed by atoms with Crippen LogP contribution in [0.25, 0.3) is 0 Å². The number of hydrogen-bond acceptors (Lipinski definition) is 5. The van der Waals surface area contributed by atoms with Crippen molar-refractivity contribution in [1.82, 2.24) is 5.32 Å². The molecule has 0 fully saturated rings. The molecular weight excluding hydrogens is 370 g/mol. The predicted octanol–water partition coefficient (Wildman–Crippen LogP) is 3.27. The third-order valence-electron chi connectivity index (χ3n) is 4.30. The molecule has 0 saturated heterocycles. The van der Waals surface area contributed by atoms with Gasteiger partial charge in [0.15, 0.2) is 6.61 Å². The molecule has 6 heteroatoms. The minimum atomic E-state index is -0.486. The van der Waals surface area contributed by atoms with Gasteiger partial charge in [-0.1, -0.05) is 51.1 Å². The Morgan fingerprint density at radius 1 is 1.00 bits per heavy atom. The molecule has 0 bridgehead atoms. The molecule has 0 heterocycles. The molecule has 2 rings (SSSR count). The largest absolute Gasteiger partial charge is 0.496 e. The number of amides is 1. The molecular formula is C23H29NO5. The van der Waals surface area contributed by atoms with E-state index in [1.165, 1.54) is 5.56 Å². The van der Waals surface area contributed by atoms with Gasteiger partial charge in [0.2, 0.25) is 0 Å². The lowest BCUT2D eigenvalue weighted by Crippen LogP contribution is -2.32. The summed E-state index contributed by atoms with van der Waals surface area (Å²) < 4.78 is 15.8. The molecule has 156 valence electrons. The lowest BCUT2D eigenvalue weighted by atomic mass is 9.87. The first-order chi connectivity index (χ1) is 13.8. The molecule has 6 nitrogen and oxygen atoms in total. The Labute approximate surface area is 172 Å². The van der Waals surface area contributed by atoms with Gasteiger partial charge in [-0.2, -0.15) is 0 Å². The number of para-hydroxylation sites is 1. The smallest absolute Gasteiger partial charge is 0.310 e. The number of hydrogen-bond donors (Lipinski definition) is 1. The van der Waals surface area contributed by atoms with Crippen LogP contribution in [0, 0.1) is 0 Å². The zero-order valence-corrected chi connectivity index (χ0v) is 17.5. The summed E-state index contributed by atoms with van der Waals surface area (Å²) in [6.45, 7) is 6.79. The normalized spacial score (nSPS) is 10.9. The summed E-state index contributed by atoms with van der Waals surface area (Å²) in [5.74, 6) is 0.502. The maximum absolute atomic E-state index is 11.9. The van der Waals surface area contributed by atoms with Crippen molar-refractivity contribution >= 4 is 11.9 Å². The number of carbonyl (C=O) groups is 2. The summed E-state index contributed by atoms with van der Waals surface area (Å²) in [6.07, 6.45) is 0.0466. The Bertz CT molecular complexity index is 809. The fourth-order valence-corrected chi connectivity index (χ4v) is 2.66. The highest BCUT2D eigenvalue weighted by molar-refractivity contribution is 5.81. The van der Waals surface area contributed by atoms with Gasteiger partial charge in [-0.15, -0.1) is 0 Å². The van der Waals surface area contributed by atoms with Crippen molar-refractivity contribution in [1.29, 1.82) is 0 Å². The van der Waals surface area contributed by atoms with Gasteiger partial charge in [0.1, 0.15) is 18.1 Å². The van der Waals surface area contributed by atoms with Crippen LogP contribution in [-0.2, 0) is 26.2 Å². The Hall–Kier alpha value is -3.02. The molecule has 1 amide bonds. The molecule has 0 unspecified atom stereocenters. The van der Waals surface area contributed by atoms with E-state index in [4.69, 9.17) is 14.2 Å². The van der Waals surface area contributed by atoms with E-state index < -0.39 is 5.97 Å². The van der Waals surface area contributed by atoms with Gasteiger partial charge < -0.3 is 19.5 Å². The summed E-state index contributed by atoms with van der Waals surface area (Å²) in [6, 6.07) is 15.1. The van der Waals surface area contributed by atoms with E-state index in [-0.39, 0.29) is 24.3 Å². The standard InChI is InChI=1S/C23H29NO5/c1-23(2,3)18-9-11-19(12-10-18)28-14-13-24-21(25)16-29-22(26)15-17-7-5-6-8-20(17)27-4/h5-12H,13-16H2,1-4H3,(H,24,25). The van der Waals surface area contributed by atoms with Gasteiger partial charge in [0.25, 0.3) is 5.91 Å². The van der Waals surface area contributed by atoms with E-state index in [2.05, 4.69) is 26.1 Å². The van der Waals surface area contributed by atoms with Crippen LogP contribution in [0.2, 0.25) is 0 Å². The molecule has 0 atom stereocenters. The molecule has 29 heavy (non-hydrogen) atoms. The van der Waals surface area contributed by atoms with E-state index >= 15 is 0 Å². The van der Waals surface area contributed by atoms with Crippen LogP contribution in [-0.4, -0.2) is 38.7 Å². The Kier molecular flexibility index (Phi) is 8.07. The van der Waals surface area contributed by atoms with Crippen molar-refractivity contribution < 1.29 is 23.8 Å². The minimum Gasteiger partial charge on any atom is -0.496 e. The fourth-order valence-electron chi connectivity index (χ4n) is 2.66. The first-order valence-corrected chi connectivity index (χ1v) is 9.57. The van der Waals surface area contributed by atoms with Crippen LogP contribution >= 0.6 is 0 Å². The van der Waals surface area contributed by atoms with Crippen molar-refractivity contribution in [2.24, 2.45) is 0 Å². The molecule has 0 spiro atoms. The van der Waals surface area contributed by atoms with Crippen molar-refractivity contribution in [3.05, 3.63) is 59.7 Å². The first-order valence-electron chi connectivity index (χ1n) is 9.57. The van der Waals surface area contributed by atoms with Crippen molar-refractivity contribution in [3.8, 4) is 11.5 Å². The van der Waals surface area contributed by atoms with Gasteiger partial charge in [-0.25, -0.2) is 0 Å². The van der Waals surface area contributed by atoms with Crippen LogP contribution < -0.4 is 14.8 Å². The number of methoxy groups -OCH3 is 1. The van der Waals surface area contributed by atoms with E-state index in [1.54, 1.807) is 19.2 Å². The second kappa shape index (κ2) is 10.5. The number of ether oxygens (including phenoxy) is 3. The highest BCUT2D eigenvalue weighted by atomic mass is 16.5. The molecule has 2 aromatic carbocycles. The average Bonchev–Trinajstić information content (AvgIpc) is 2.70. The Balaban J connectivity index is 1.65. The van der Waals surface area contributed by atoms with Crippen molar-refractivity contribution in [2.75, 3.05) is 26.9 Å². The zero-order chi connectivity index (χ0) is 21.3. The summed E-state index contributed by atoms with van der Waals surface area (Å²) in [4.78, 5) is 23.7. The predicted molar refractivity (Wildman–Crippen MR) is 111 cm³/mol. The number of nitrogens with one attached hydrogen (secondary N) is 1. The topological polar surface area (TPSA) is 73.9 Å². The summed E-state index contributed by atoms with van der Waals surface area (Å²) in [5.41, 5.74) is 2.04. The fraction of sp³-hybridized carbons (Fsp3) is 0.391. The third-order valence-corrected chi connectivity index (χ3v) is 4.30. The molecule has 0 saturated carbocycles. The van der Waals surface area contributed by atoms with Crippen LogP contribution in [0.15, 0.2) is 48.5 Å². The number of esters is 1. The number of carbonyl (C=O) groups excluding carboxylic acids is 2. The van der Waals surface area contributed by atoms with Crippen LogP contribution in [0.3, 0.4) is 0 Å². The summed E-state index contributed by atoms with van der Waals surface area (Å²) >= 11 is 0. The monoisotopic (exact) mass is 399 g/mol. The van der Waals surface area contributed by atoms with Gasteiger partial charge >= 0.3 is 5.97 Å². The van der Waals surface area contributed by atoms with Crippen LogP contribution in [0.1, 0.15) is 31.9 Å². The summed E-state index contributed by atoms with van der Waals surface area (Å²) in [5, 5.41) is 2.66. The van der Waals surface area contributed by atoms with Gasteiger partial charge in [0, 0.05) is 5.56 Å². The lowest BCUT2D eigenvalue weighted by Gasteiger charge is -2.19. The average molecular weight is 399 g/mol. The molecule has 0 aliphatic rings. The van der Waals surface area contributed by atoms with Gasteiger partial charge in [-0.05, 0) is 29.2 Å². The Morgan fingerprint density at radius 3 is 2.34 bits per heavy atom. The van der Waals surface area contributed by atoms with Gasteiger partial charge in [-0.3, -0.25) is 9.59 Å². The van der Waals surface area contributed by atoms with Crippen LogP contribution in [0.5, 0.6) is 11.5 Å². The SMILES string of the molecule is COc1ccccc1CC(=O)OCC(=O)NCCOc1ccc(C(C)(C)C)cc1. The molecule has 1 N–H and O–H groups in total.